The Kier molecular flexibility index (Phi) is 5.34. The van der Waals surface area contributed by atoms with Crippen LogP contribution in [0.4, 0.5) is 5.69 Å². The summed E-state index contributed by atoms with van der Waals surface area (Å²) in [5, 5.41) is 0. The minimum absolute atomic E-state index is 0.323. The van der Waals surface area contributed by atoms with Gasteiger partial charge >= 0.3 is 0 Å². The Morgan fingerprint density at radius 1 is 1.38 bits per heavy atom. The summed E-state index contributed by atoms with van der Waals surface area (Å²) in [5.41, 5.74) is 7.56. The zero-order chi connectivity index (χ0) is 11.8. The van der Waals surface area contributed by atoms with Crippen molar-refractivity contribution in [3.63, 3.8) is 0 Å². The summed E-state index contributed by atoms with van der Waals surface area (Å²) in [7, 11) is 0. The number of aryl methyl sites for hydroxylation is 1. The second kappa shape index (κ2) is 6.83. The van der Waals surface area contributed by atoms with Gasteiger partial charge in [0.1, 0.15) is 5.78 Å². The standard InChI is InChI=1S/C14H19NO/c1-2-3-4-8-14(16)10-9-12-6-5-7-13(15)11-12/h2,5-7,11H,1,3-4,8-10,15H2. The van der Waals surface area contributed by atoms with Crippen LogP contribution < -0.4 is 5.73 Å². The van der Waals surface area contributed by atoms with E-state index in [1.807, 2.05) is 30.3 Å². The summed E-state index contributed by atoms with van der Waals surface area (Å²) < 4.78 is 0. The number of Topliss-reactive ketones (excluding diaryl/α,β-unsaturated/α-hetero) is 1. The predicted molar refractivity (Wildman–Crippen MR) is 68.2 cm³/mol. The van der Waals surface area contributed by atoms with Crippen LogP contribution in [0.2, 0.25) is 0 Å². The van der Waals surface area contributed by atoms with Crippen LogP contribution >= 0.6 is 0 Å². The van der Waals surface area contributed by atoms with Gasteiger partial charge in [-0.3, -0.25) is 4.79 Å². The first-order valence-electron chi connectivity index (χ1n) is 5.69. The molecule has 1 rings (SSSR count). The molecule has 0 aliphatic carbocycles. The number of anilines is 1. The molecule has 2 heteroatoms. The molecular formula is C14H19NO. The molecule has 0 atom stereocenters. The van der Waals surface area contributed by atoms with Gasteiger partial charge in [0, 0.05) is 18.5 Å². The average molecular weight is 217 g/mol. The Morgan fingerprint density at radius 2 is 2.19 bits per heavy atom. The van der Waals surface area contributed by atoms with Crippen LogP contribution in [0.25, 0.3) is 0 Å². The number of allylic oxidation sites excluding steroid dienone is 1. The molecule has 0 amide bonds. The lowest BCUT2D eigenvalue weighted by Crippen LogP contribution is -2.00. The number of unbranched alkanes of at least 4 members (excludes halogenated alkanes) is 1. The van der Waals surface area contributed by atoms with Crippen molar-refractivity contribution in [3.05, 3.63) is 42.5 Å². The van der Waals surface area contributed by atoms with Crippen molar-refractivity contribution >= 4 is 11.5 Å². The maximum Gasteiger partial charge on any atom is 0.133 e. The number of hydrogen-bond acceptors (Lipinski definition) is 2. The molecule has 0 aromatic heterocycles. The number of nitrogen functional groups attached to an aromatic ring is 1. The highest BCUT2D eigenvalue weighted by Crippen LogP contribution is 2.10. The van der Waals surface area contributed by atoms with Gasteiger partial charge in [-0.05, 0) is 37.0 Å². The number of hydrogen-bond donors (Lipinski definition) is 1. The largest absolute Gasteiger partial charge is 0.399 e. The van der Waals surface area contributed by atoms with E-state index < -0.39 is 0 Å². The van der Waals surface area contributed by atoms with Crippen molar-refractivity contribution in [2.75, 3.05) is 5.73 Å². The fraction of sp³-hybridized carbons (Fsp3) is 0.357. The molecule has 0 bridgehead atoms. The van der Waals surface area contributed by atoms with Crippen LogP contribution in [0, 0.1) is 0 Å². The van der Waals surface area contributed by atoms with Gasteiger partial charge in [-0.25, -0.2) is 0 Å². The van der Waals surface area contributed by atoms with Crippen LogP contribution in [0.5, 0.6) is 0 Å². The van der Waals surface area contributed by atoms with Crippen molar-refractivity contribution in [2.45, 2.75) is 32.1 Å². The normalized spacial score (nSPS) is 10.0. The molecule has 0 fully saturated rings. The lowest BCUT2D eigenvalue weighted by Gasteiger charge is -2.02. The minimum atomic E-state index is 0.323. The molecule has 1 aromatic rings. The van der Waals surface area contributed by atoms with Gasteiger partial charge in [0.15, 0.2) is 0 Å². The molecule has 0 spiro atoms. The molecule has 0 aliphatic rings. The highest BCUT2D eigenvalue weighted by Gasteiger charge is 2.02. The third kappa shape index (κ3) is 4.78. The van der Waals surface area contributed by atoms with Gasteiger partial charge in [-0.1, -0.05) is 18.2 Å². The molecule has 2 nitrogen and oxygen atoms in total. The van der Waals surface area contributed by atoms with E-state index in [0.29, 0.717) is 18.6 Å². The molecular weight excluding hydrogens is 198 g/mol. The predicted octanol–water partition coefficient (Wildman–Crippen LogP) is 3.13. The number of carbonyl (C=O) groups is 1. The van der Waals surface area contributed by atoms with E-state index >= 15 is 0 Å². The average Bonchev–Trinajstić information content (AvgIpc) is 2.27. The van der Waals surface area contributed by atoms with Crippen molar-refractivity contribution < 1.29 is 4.79 Å². The molecule has 16 heavy (non-hydrogen) atoms. The van der Waals surface area contributed by atoms with Crippen LogP contribution in [-0.2, 0) is 11.2 Å². The SMILES string of the molecule is C=CCCCC(=O)CCc1cccc(N)c1. The third-order valence-corrected chi connectivity index (χ3v) is 2.51. The van der Waals surface area contributed by atoms with Crippen LogP contribution in [-0.4, -0.2) is 5.78 Å². The lowest BCUT2D eigenvalue weighted by molar-refractivity contribution is -0.119. The number of benzene rings is 1. The maximum atomic E-state index is 11.5. The Labute approximate surface area is 97.2 Å². The van der Waals surface area contributed by atoms with Crippen molar-refractivity contribution in [3.8, 4) is 0 Å². The summed E-state index contributed by atoms with van der Waals surface area (Å²) in [4.78, 5) is 11.5. The monoisotopic (exact) mass is 217 g/mol. The summed E-state index contributed by atoms with van der Waals surface area (Å²) in [6, 6.07) is 7.71. The zero-order valence-corrected chi connectivity index (χ0v) is 9.61. The van der Waals surface area contributed by atoms with E-state index in [1.165, 1.54) is 0 Å². The summed E-state index contributed by atoms with van der Waals surface area (Å²) >= 11 is 0. The summed E-state index contributed by atoms with van der Waals surface area (Å²) in [6.07, 6.45) is 5.75. The Bertz CT molecular complexity index is 358. The maximum absolute atomic E-state index is 11.5. The van der Waals surface area contributed by atoms with Gasteiger partial charge < -0.3 is 5.73 Å². The topological polar surface area (TPSA) is 43.1 Å². The van der Waals surface area contributed by atoms with E-state index in [1.54, 1.807) is 0 Å². The van der Waals surface area contributed by atoms with E-state index in [0.717, 1.165) is 30.5 Å². The first-order valence-corrected chi connectivity index (χ1v) is 5.69. The van der Waals surface area contributed by atoms with Crippen LogP contribution in [0.1, 0.15) is 31.2 Å². The van der Waals surface area contributed by atoms with Gasteiger partial charge in [0.2, 0.25) is 0 Å². The minimum Gasteiger partial charge on any atom is -0.399 e. The Balaban J connectivity index is 2.28. The quantitative estimate of drug-likeness (QED) is 0.433. The second-order valence-electron chi connectivity index (χ2n) is 3.96. The highest BCUT2D eigenvalue weighted by atomic mass is 16.1. The molecule has 0 radical (unpaired) electrons. The number of ketones is 1. The molecule has 1 aromatic carbocycles. The van der Waals surface area contributed by atoms with Crippen molar-refractivity contribution in [1.29, 1.82) is 0 Å². The van der Waals surface area contributed by atoms with E-state index in [4.69, 9.17) is 5.73 Å². The first-order chi connectivity index (χ1) is 7.72. The molecule has 0 unspecified atom stereocenters. The number of nitrogens with two attached hydrogens (primary N) is 1. The summed E-state index contributed by atoms with van der Waals surface area (Å²) in [5.74, 6) is 0.323. The van der Waals surface area contributed by atoms with Gasteiger partial charge in [-0.2, -0.15) is 0 Å². The number of rotatable bonds is 7. The van der Waals surface area contributed by atoms with E-state index in [9.17, 15) is 4.79 Å². The second-order valence-corrected chi connectivity index (χ2v) is 3.96. The molecule has 0 saturated carbocycles. The van der Waals surface area contributed by atoms with E-state index in [2.05, 4.69) is 6.58 Å². The van der Waals surface area contributed by atoms with E-state index in [-0.39, 0.29) is 0 Å². The number of carbonyl (C=O) groups excluding carboxylic acids is 1. The molecule has 0 aliphatic heterocycles. The van der Waals surface area contributed by atoms with Gasteiger partial charge in [0.25, 0.3) is 0 Å². The Hall–Kier alpha value is -1.57. The zero-order valence-electron chi connectivity index (χ0n) is 9.61. The highest BCUT2D eigenvalue weighted by molar-refractivity contribution is 5.78. The smallest absolute Gasteiger partial charge is 0.133 e. The third-order valence-electron chi connectivity index (χ3n) is 2.51. The molecule has 86 valence electrons. The van der Waals surface area contributed by atoms with Gasteiger partial charge in [0.05, 0.1) is 0 Å². The fourth-order valence-corrected chi connectivity index (χ4v) is 1.60. The van der Waals surface area contributed by atoms with Crippen molar-refractivity contribution in [2.24, 2.45) is 0 Å². The molecule has 0 heterocycles. The summed E-state index contributed by atoms with van der Waals surface area (Å²) in [6.45, 7) is 3.64. The van der Waals surface area contributed by atoms with Gasteiger partial charge in [-0.15, -0.1) is 6.58 Å². The molecule has 2 N–H and O–H groups in total. The molecule has 0 saturated heterocycles. The van der Waals surface area contributed by atoms with Crippen LogP contribution in [0.3, 0.4) is 0 Å². The fourth-order valence-electron chi connectivity index (χ4n) is 1.60. The van der Waals surface area contributed by atoms with Crippen LogP contribution in [0.15, 0.2) is 36.9 Å². The van der Waals surface area contributed by atoms with Crippen molar-refractivity contribution in [1.82, 2.24) is 0 Å². The lowest BCUT2D eigenvalue weighted by atomic mass is 10.0. The first kappa shape index (κ1) is 12.5. The Morgan fingerprint density at radius 3 is 2.88 bits per heavy atom.